The molecule has 0 fully saturated rings. The number of halogens is 1. The van der Waals surface area contributed by atoms with E-state index in [1.54, 1.807) is 23.5 Å². The van der Waals surface area contributed by atoms with E-state index in [0.29, 0.717) is 6.54 Å². The number of hydrogen-bond donors (Lipinski definition) is 1. The zero-order valence-corrected chi connectivity index (χ0v) is 13.2. The molecule has 0 unspecified atom stereocenters. The van der Waals surface area contributed by atoms with Gasteiger partial charge in [-0.05, 0) is 43.4 Å². The van der Waals surface area contributed by atoms with Crippen LogP contribution in [-0.4, -0.2) is 17.4 Å². The second kappa shape index (κ2) is 7.01. The number of aromatic nitrogens is 1. The Kier molecular flexibility index (Phi) is 4.83. The summed E-state index contributed by atoms with van der Waals surface area (Å²) in [7, 11) is 0. The largest absolute Gasteiger partial charge is 0.355 e. The van der Waals surface area contributed by atoms with Gasteiger partial charge in [0.25, 0.3) is 0 Å². The number of nitrogens with zero attached hydrogens (tertiary/aromatic N) is 1. The molecule has 1 aliphatic carbocycles. The Balaban J connectivity index is 1.45. The first kappa shape index (κ1) is 15.2. The van der Waals surface area contributed by atoms with E-state index in [0.717, 1.165) is 29.8 Å². The fraction of sp³-hybridized carbons (Fsp3) is 0.412. The van der Waals surface area contributed by atoms with Crippen LogP contribution in [0.5, 0.6) is 0 Å². The van der Waals surface area contributed by atoms with Gasteiger partial charge in [0.2, 0.25) is 5.91 Å². The van der Waals surface area contributed by atoms with Crippen molar-refractivity contribution in [3.8, 4) is 0 Å². The minimum absolute atomic E-state index is 0.0343. The fourth-order valence-electron chi connectivity index (χ4n) is 2.67. The number of rotatable bonds is 5. The maximum Gasteiger partial charge on any atom is 0.224 e. The van der Waals surface area contributed by atoms with Crippen LogP contribution in [-0.2, 0) is 30.5 Å². The van der Waals surface area contributed by atoms with Gasteiger partial charge < -0.3 is 5.32 Å². The molecule has 1 amide bonds. The Hall–Kier alpha value is -1.75. The third kappa shape index (κ3) is 3.91. The van der Waals surface area contributed by atoms with Gasteiger partial charge in [-0.25, -0.2) is 9.37 Å². The number of hydrogen-bond acceptors (Lipinski definition) is 3. The zero-order chi connectivity index (χ0) is 15.4. The zero-order valence-electron chi connectivity index (χ0n) is 12.4. The fourth-order valence-corrected chi connectivity index (χ4v) is 3.83. The highest BCUT2D eigenvalue weighted by Crippen LogP contribution is 2.26. The lowest BCUT2D eigenvalue weighted by Crippen LogP contribution is -2.27. The predicted molar refractivity (Wildman–Crippen MR) is 85.6 cm³/mol. The number of carbonyl (C=O) groups excluding carboxylic acids is 1. The molecule has 1 aromatic carbocycles. The first-order valence-electron chi connectivity index (χ1n) is 7.69. The van der Waals surface area contributed by atoms with Gasteiger partial charge in [0.1, 0.15) is 5.82 Å². The number of nitrogens with one attached hydrogen (secondary N) is 1. The highest BCUT2D eigenvalue weighted by atomic mass is 32.1. The van der Waals surface area contributed by atoms with E-state index in [9.17, 15) is 9.18 Å². The Morgan fingerprint density at radius 2 is 2.00 bits per heavy atom. The molecule has 116 valence electrons. The molecule has 5 heteroatoms. The van der Waals surface area contributed by atoms with Gasteiger partial charge in [0.15, 0.2) is 0 Å². The molecule has 3 rings (SSSR count). The van der Waals surface area contributed by atoms with Gasteiger partial charge in [-0.3, -0.25) is 4.79 Å². The number of carbonyl (C=O) groups is 1. The van der Waals surface area contributed by atoms with Crippen molar-refractivity contribution in [3.05, 3.63) is 51.2 Å². The predicted octanol–water partition coefficient (Wildman–Crippen LogP) is 3.06. The van der Waals surface area contributed by atoms with E-state index in [2.05, 4.69) is 10.3 Å². The molecule has 0 saturated carbocycles. The van der Waals surface area contributed by atoms with Crippen LogP contribution in [0.3, 0.4) is 0 Å². The second-order valence-electron chi connectivity index (χ2n) is 5.59. The number of fused-ring (bicyclic) bond motifs is 1. The van der Waals surface area contributed by atoms with Crippen LogP contribution in [0.25, 0.3) is 0 Å². The summed E-state index contributed by atoms with van der Waals surface area (Å²) >= 11 is 1.79. The third-order valence-corrected chi connectivity index (χ3v) is 5.05. The summed E-state index contributed by atoms with van der Waals surface area (Å²) in [6, 6.07) is 6.04. The molecular weight excluding hydrogens is 299 g/mol. The maximum absolute atomic E-state index is 12.8. The molecule has 1 heterocycles. The van der Waals surface area contributed by atoms with Crippen molar-refractivity contribution in [1.82, 2.24) is 10.3 Å². The lowest BCUT2D eigenvalue weighted by Gasteiger charge is -2.06. The van der Waals surface area contributed by atoms with Crippen LogP contribution in [0.1, 0.15) is 34.0 Å². The van der Waals surface area contributed by atoms with Crippen molar-refractivity contribution >= 4 is 17.2 Å². The van der Waals surface area contributed by atoms with Crippen LogP contribution >= 0.6 is 11.3 Å². The molecular formula is C17H19FN2OS. The highest BCUT2D eigenvalue weighted by Gasteiger charge is 2.14. The van der Waals surface area contributed by atoms with E-state index in [-0.39, 0.29) is 18.1 Å². The monoisotopic (exact) mass is 318 g/mol. The quantitative estimate of drug-likeness (QED) is 0.920. The first-order chi connectivity index (χ1) is 10.7. The van der Waals surface area contributed by atoms with Gasteiger partial charge in [-0.15, -0.1) is 11.3 Å². The lowest BCUT2D eigenvalue weighted by atomic mass is 10.0. The standard InChI is InChI=1S/C17H19FN2OS/c18-13-7-5-12(6-8-13)11-16(21)19-10-9-17-20-14-3-1-2-4-15(14)22-17/h5-8H,1-4,9-11H2,(H,19,21). The smallest absolute Gasteiger partial charge is 0.224 e. The summed E-state index contributed by atoms with van der Waals surface area (Å²) in [5.41, 5.74) is 2.09. The number of benzene rings is 1. The molecule has 1 aliphatic rings. The van der Waals surface area contributed by atoms with Crippen LogP contribution in [0.2, 0.25) is 0 Å². The summed E-state index contributed by atoms with van der Waals surface area (Å²) in [6.45, 7) is 0.604. The van der Waals surface area contributed by atoms with Crippen LogP contribution < -0.4 is 5.32 Å². The van der Waals surface area contributed by atoms with E-state index in [1.807, 2.05) is 0 Å². The van der Waals surface area contributed by atoms with Crippen molar-refractivity contribution in [2.24, 2.45) is 0 Å². The topological polar surface area (TPSA) is 42.0 Å². The molecule has 3 nitrogen and oxygen atoms in total. The minimum atomic E-state index is -0.281. The van der Waals surface area contributed by atoms with Crippen LogP contribution in [0.15, 0.2) is 24.3 Å². The van der Waals surface area contributed by atoms with Gasteiger partial charge >= 0.3 is 0 Å². The molecule has 0 spiro atoms. The summed E-state index contributed by atoms with van der Waals surface area (Å²) in [4.78, 5) is 18.0. The Morgan fingerprint density at radius 1 is 1.23 bits per heavy atom. The molecule has 0 saturated heterocycles. The SMILES string of the molecule is O=C(Cc1ccc(F)cc1)NCCc1nc2c(s1)CCCC2. The molecule has 22 heavy (non-hydrogen) atoms. The van der Waals surface area contributed by atoms with Crippen molar-refractivity contribution in [3.63, 3.8) is 0 Å². The minimum Gasteiger partial charge on any atom is -0.355 e. The average Bonchev–Trinajstić information content (AvgIpc) is 2.92. The average molecular weight is 318 g/mol. The summed E-state index contributed by atoms with van der Waals surface area (Å²) in [6.07, 6.45) is 5.84. The van der Waals surface area contributed by atoms with Gasteiger partial charge in [-0.1, -0.05) is 12.1 Å². The van der Waals surface area contributed by atoms with Crippen molar-refractivity contribution < 1.29 is 9.18 Å². The van der Waals surface area contributed by atoms with Crippen LogP contribution in [0, 0.1) is 5.82 Å². The first-order valence-corrected chi connectivity index (χ1v) is 8.51. The number of thiazole rings is 1. The van der Waals surface area contributed by atoms with Gasteiger partial charge in [0.05, 0.1) is 17.1 Å². The van der Waals surface area contributed by atoms with Gasteiger partial charge in [0, 0.05) is 17.8 Å². The van der Waals surface area contributed by atoms with E-state index < -0.39 is 0 Å². The summed E-state index contributed by atoms with van der Waals surface area (Å²) in [5.74, 6) is -0.315. The van der Waals surface area contributed by atoms with E-state index in [4.69, 9.17) is 0 Å². The van der Waals surface area contributed by atoms with Crippen molar-refractivity contribution in [1.29, 1.82) is 0 Å². The van der Waals surface area contributed by atoms with E-state index in [1.165, 1.54) is 35.5 Å². The number of aryl methyl sites for hydroxylation is 2. The highest BCUT2D eigenvalue weighted by molar-refractivity contribution is 7.11. The Bertz CT molecular complexity index is 628. The number of amides is 1. The molecule has 0 aliphatic heterocycles. The molecule has 0 bridgehead atoms. The Morgan fingerprint density at radius 3 is 2.77 bits per heavy atom. The molecule has 1 aromatic heterocycles. The third-order valence-electron chi connectivity index (χ3n) is 3.83. The lowest BCUT2D eigenvalue weighted by molar-refractivity contribution is -0.120. The van der Waals surface area contributed by atoms with Crippen LogP contribution in [0.4, 0.5) is 4.39 Å². The maximum atomic E-state index is 12.8. The van der Waals surface area contributed by atoms with Crippen molar-refractivity contribution in [2.45, 2.75) is 38.5 Å². The second-order valence-corrected chi connectivity index (χ2v) is 6.76. The summed E-state index contributed by atoms with van der Waals surface area (Å²) < 4.78 is 12.8. The van der Waals surface area contributed by atoms with E-state index >= 15 is 0 Å². The van der Waals surface area contributed by atoms with Gasteiger partial charge in [-0.2, -0.15) is 0 Å². The normalized spacial score (nSPS) is 13.7. The summed E-state index contributed by atoms with van der Waals surface area (Å²) in [5, 5.41) is 4.03. The molecule has 1 N–H and O–H groups in total. The molecule has 2 aromatic rings. The molecule has 0 atom stereocenters. The van der Waals surface area contributed by atoms with Crippen molar-refractivity contribution in [2.75, 3.05) is 6.54 Å². The Labute approximate surface area is 133 Å². The molecule has 0 radical (unpaired) electrons.